The second kappa shape index (κ2) is 7.22. The standard InChI is InChI=1S/C16H22N2O3/c1-11-4-6-12(7-5-11)14(9-15(17)19)16(20)18-10-13-3-2-8-21-13/h4-7,13-14H,2-3,8-10H2,1H3,(H2,17,19)(H,18,20). The molecule has 114 valence electrons. The van der Waals surface area contributed by atoms with E-state index >= 15 is 0 Å². The van der Waals surface area contributed by atoms with Crippen LogP contribution in [0.3, 0.4) is 0 Å². The van der Waals surface area contributed by atoms with Crippen LogP contribution < -0.4 is 11.1 Å². The number of hydrogen-bond donors (Lipinski definition) is 2. The van der Waals surface area contributed by atoms with E-state index in [0.29, 0.717) is 6.54 Å². The van der Waals surface area contributed by atoms with Gasteiger partial charge in [0.25, 0.3) is 0 Å². The van der Waals surface area contributed by atoms with Gasteiger partial charge in [0.1, 0.15) is 0 Å². The van der Waals surface area contributed by atoms with Crippen molar-refractivity contribution in [3.05, 3.63) is 35.4 Å². The molecule has 0 spiro atoms. The number of benzene rings is 1. The van der Waals surface area contributed by atoms with Crippen LogP contribution in [0.25, 0.3) is 0 Å². The Morgan fingerprint density at radius 2 is 2.10 bits per heavy atom. The number of carbonyl (C=O) groups excluding carboxylic acids is 2. The molecule has 0 radical (unpaired) electrons. The molecule has 1 heterocycles. The molecule has 3 N–H and O–H groups in total. The van der Waals surface area contributed by atoms with Crippen LogP contribution in [-0.2, 0) is 14.3 Å². The third-order valence-electron chi connectivity index (χ3n) is 3.73. The zero-order chi connectivity index (χ0) is 15.2. The van der Waals surface area contributed by atoms with Crippen LogP contribution >= 0.6 is 0 Å². The normalized spacial score (nSPS) is 19.2. The first-order valence-corrected chi connectivity index (χ1v) is 7.30. The summed E-state index contributed by atoms with van der Waals surface area (Å²) in [6, 6.07) is 7.59. The summed E-state index contributed by atoms with van der Waals surface area (Å²) < 4.78 is 5.48. The molecule has 0 aromatic heterocycles. The van der Waals surface area contributed by atoms with Gasteiger partial charge in [-0.3, -0.25) is 9.59 Å². The molecular weight excluding hydrogens is 268 g/mol. The highest BCUT2D eigenvalue weighted by Gasteiger charge is 2.24. The molecule has 2 rings (SSSR count). The topological polar surface area (TPSA) is 81.4 Å². The number of rotatable bonds is 6. The molecule has 5 heteroatoms. The molecule has 1 aliphatic heterocycles. The molecule has 21 heavy (non-hydrogen) atoms. The van der Waals surface area contributed by atoms with Gasteiger partial charge in [0, 0.05) is 19.6 Å². The Morgan fingerprint density at radius 3 is 2.67 bits per heavy atom. The Morgan fingerprint density at radius 1 is 1.38 bits per heavy atom. The van der Waals surface area contributed by atoms with E-state index in [1.54, 1.807) is 0 Å². The summed E-state index contributed by atoms with van der Waals surface area (Å²) in [6.07, 6.45) is 2.09. The molecule has 2 atom stereocenters. The average Bonchev–Trinajstić information content (AvgIpc) is 2.96. The number of nitrogens with one attached hydrogen (secondary N) is 1. The number of nitrogens with two attached hydrogens (primary N) is 1. The maximum Gasteiger partial charge on any atom is 0.228 e. The Balaban J connectivity index is 2.01. The van der Waals surface area contributed by atoms with Gasteiger partial charge in [0.2, 0.25) is 11.8 Å². The van der Waals surface area contributed by atoms with E-state index in [9.17, 15) is 9.59 Å². The van der Waals surface area contributed by atoms with Gasteiger partial charge in [0.05, 0.1) is 12.0 Å². The molecule has 1 aromatic carbocycles. The lowest BCUT2D eigenvalue weighted by molar-refractivity contribution is -0.126. The maximum absolute atomic E-state index is 12.3. The van der Waals surface area contributed by atoms with E-state index in [0.717, 1.165) is 30.6 Å². The number of hydrogen-bond acceptors (Lipinski definition) is 3. The van der Waals surface area contributed by atoms with Crippen molar-refractivity contribution in [3.8, 4) is 0 Å². The predicted octanol–water partition coefficient (Wildman–Crippen LogP) is 1.25. The fourth-order valence-corrected chi connectivity index (χ4v) is 2.50. The highest BCUT2D eigenvalue weighted by Crippen LogP contribution is 2.21. The van der Waals surface area contributed by atoms with Crippen LogP contribution in [0.1, 0.15) is 36.3 Å². The molecule has 0 bridgehead atoms. The van der Waals surface area contributed by atoms with Gasteiger partial charge < -0.3 is 15.8 Å². The van der Waals surface area contributed by atoms with E-state index in [2.05, 4.69) is 5.32 Å². The number of primary amides is 1. The molecule has 1 fully saturated rings. The van der Waals surface area contributed by atoms with E-state index in [1.807, 2.05) is 31.2 Å². The second-order valence-electron chi connectivity index (χ2n) is 5.51. The quantitative estimate of drug-likeness (QED) is 0.827. The van der Waals surface area contributed by atoms with Crippen molar-refractivity contribution in [2.45, 2.75) is 38.2 Å². The molecule has 0 aliphatic carbocycles. The van der Waals surface area contributed by atoms with Crippen molar-refractivity contribution in [3.63, 3.8) is 0 Å². The third-order valence-corrected chi connectivity index (χ3v) is 3.73. The number of aryl methyl sites for hydroxylation is 1. The zero-order valence-corrected chi connectivity index (χ0v) is 12.3. The largest absolute Gasteiger partial charge is 0.376 e. The summed E-state index contributed by atoms with van der Waals surface area (Å²) in [5.74, 6) is -1.19. The molecule has 0 saturated carbocycles. The second-order valence-corrected chi connectivity index (χ2v) is 5.51. The Kier molecular flexibility index (Phi) is 5.33. The number of ether oxygens (including phenoxy) is 1. The fraction of sp³-hybridized carbons (Fsp3) is 0.500. The number of amides is 2. The van der Waals surface area contributed by atoms with Crippen LogP contribution in [0.2, 0.25) is 0 Å². The molecule has 1 saturated heterocycles. The van der Waals surface area contributed by atoms with Crippen LogP contribution in [0, 0.1) is 6.92 Å². The first-order chi connectivity index (χ1) is 10.1. The summed E-state index contributed by atoms with van der Waals surface area (Å²) in [5.41, 5.74) is 7.19. The summed E-state index contributed by atoms with van der Waals surface area (Å²) in [4.78, 5) is 23.6. The minimum atomic E-state index is -0.537. The summed E-state index contributed by atoms with van der Waals surface area (Å²) in [7, 11) is 0. The first-order valence-electron chi connectivity index (χ1n) is 7.30. The fourth-order valence-electron chi connectivity index (χ4n) is 2.50. The van der Waals surface area contributed by atoms with Gasteiger partial charge in [0.15, 0.2) is 0 Å². The smallest absolute Gasteiger partial charge is 0.228 e. The minimum absolute atomic E-state index is 0.0143. The first kappa shape index (κ1) is 15.5. The number of carbonyl (C=O) groups is 2. The highest BCUT2D eigenvalue weighted by molar-refractivity contribution is 5.89. The summed E-state index contributed by atoms with van der Waals surface area (Å²) in [6.45, 7) is 3.22. The summed E-state index contributed by atoms with van der Waals surface area (Å²) in [5, 5.41) is 2.87. The van der Waals surface area contributed by atoms with Crippen LogP contribution in [0.5, 0.6) is 0 Å². The van der Waals surface area contributed by atoms with E-state index in [-0.39, 0.29) is 18.4 Å². The van der Waals surface area contributed by atoms with Crippen molar-refractivity contribution in [2.75, 3.05) is 13.2 Å². The minimum Gasteiger partial charge on any atom is -0.376 e. The average molecular weight is 290 g/mol. The monoisotopic (exact) mass is 290 g/mol. The molecular formula is C16H22N2O3. The third kappa shape index (κ3) is 4.56. The van der Waals surface area contributed by atoms with Gasteiger partial charge in [-0.2, -0.15) is 0 Å². The molecule has 5 nitrogen and oxygen atoms in total. The van der Waals surface area contributed by atoms with Crippen LogP contribution in [-0.4, -0.2) is 31.1 Å². The van der Waals surface area contributed by atoms with E-state index in [4.69, 9.17) is 10.5 Å². The van der Waals surface area contributed by atoms with E-state index in [1.165, 1.54) is 0 Å². The van der Waals surface area contributed by atoms with Gasteiger partial charge >= 0.3 is 0 Å². The highest BCUT2D eigenvalue weighted by atomic mass is 16.5. The molecule has 1 aromatic rings. The van der Waals surface area contributed by atoms with Gasteiger partial charge in [-0.05, 0) is 25.3 Å². The van der Waals surface area contributed by atoms with Crippen molar-refractivity contribution < 1.29 is 14.3 Å². The van der Waals surface area contributed by atoms with Crippen molar-refractivity contribution in [2.24, 2.45) is 5.73 Å². The lowest BCUT2D eigenvalue weighted by Crippen LogP contribution is -2.36. The maximum atomic E-state index is 12.3. The SMILES string of the molecule is Cc1ccc(C(CC(N)=O)C(=O)NCC2CCCO2)cc1. The van der Waals surface area contributed by atoms with Crippen molar-refractivity contribution in [1.29, 1.82) is 0 Å². The lowest BCUT2D eigenvalue weighted by atomic mass is 9.93. The Labute approximate surface area is 124 Å². The van der Waals surface area contributed by atoms with Crippen LogP contribution in [0.15, 0.2) is 24.3 Å². The molecule has 1 aliphatic rings. The van der Waals surface area contributed by atoms with Gasteiger partial charge in [-0.15, -0.1) is 0 Å². The van der Waals surface area contributed by atoms with Crippen molar-refractivity contribution in [1.82, 2.24) is 5.32 Å². The van der Waals surface area contributed by atoms with Gasteiger partial charge in [-0.1, -0.05) is 29.8 Å². The van der Waals surface area contributed by atoms with Crippen LogP contribution in [0.4, 0.5) is 0 Å². The van der Waals surface area contributed by atoms with Crippen molar-refractivity contribution >= 4 is 11.8 Å². The lowest BCUT2D eigenvalue weighted by Gasteiger charge is -2.18. The molecule has 2 amide bonds. The van der Waals surface area contributed by atoms with E-state index < -0.39 is 11.8 Å². The Bertz CT molecular complexity index is 493. The van der Waals surface area contributed by atoms with Gasteiger partial charge in [-0.25, -0.2) is 0 Å². The summed E-state index contributed by atoms with van der Waals surface area (Å²) >= 11 is 0. The predicted molar refractivity (Wildman–Crippen MR) is 79.7 cm³/mol. The zero-order valence-electron chi connectivity index (χ0n) is 12.3. The molecule has 2 unspecified atom stereocenters. The Hall–Kier alpha value is -1.88.